The maximum atomic E-state index is 11.4. The van der Waals surface area contributed by atoms with E-state index in [-0.39, 0.29) is 23.9 Å². The van der Waals surface area contributed by atoms with Crippen molar-refractivity contribution in [3.05, 3.63) is 0 Å². The number of Topliss-reactive ketones (excluding diaryl/α,β-unsaturated/α-hetero) is 1. The maximum Gasteiger partial charge on any atom is 0.164 e. The lowest BCUT2D eigenvalue weighted by Crippen LogP contribution is -2.25. The summed E-state index contributed by atoms with van der Waals surface area (Å²) in [7, 11) is 0. The minimum Gasteiger partial charge on any atom is -0.360 e. The lowest BCUT2D eigenvalue weighted by atomic mass is 10.0. The van der Waals surface area contributed by atoms with Crippen LogP contribution in [0.5, 0.6) is 0 Å². The van der Waals surface area contributed by atoms with Crippen LogP contribution in [-0.2, 0) is 14.3 Å². The summed E-state index contributed by atoms with van der Waals surface area (Å²) >= 11 is 0. The average Bonchev–Trinajstić information content (AvgIpc) is 2.50. The van der Waals surface area contributed by atoms with Gasteiger partial charge in [0.15, 0.2) is 5.78 Å². The smallest absolute Gasteiger partial charge is 0.164 e. The molecule has 68 valence electrons. The maximum absolute atomic E-state index is 11.4. The molecule has 0 N–H and O–H groups in total. The number of ether oxygens (including phenoxy) is 1. The normalized spacial score (nSPS) is 29.2. The van der Waals surface area contributed by atoms with Crippen molar-refractivity contribution >= 4 is 12.1 Å². The molecule has 0 bridgehead atoms. The van der Waals surface area contributed by atoms with Gasteiger partial charge in [-0.15, -0.1) is 0 Å². The summed E-state index contributed by atoms with van der Waals surface area (Å²) in [5.74, 6) is 0.111. The van der Waals surface area contributed by atoms with E-state index in [1.165, 1.54) is 0 Å². The topological polar surface area (TPSA) is 43.4 Å². The molecular weight excluding hydrogens is 156 g/mol. The monoisotopic (exact) mass is 170 g/mol. The number of aldehydes is 1. The second-order valence-corrected chi connectivity index (χ2v) is 3.43. The van der Waals surface area contributed by atoms with Gasteiger partial charge in [0.05, 0.1) is 0 Å². The Morgan fingerprint density at radius 2 is 2.17 bits per heavy atom. The van der Waals surface area contributed by atoms with Gasteiger partial charge in [0.1, 0.15) is 18.5 Å². The second-order valence-electron chi connectivity index (χ2n) is 3.43. The molecule has 0 aromatic carbocycles. The Bertz CT molecular complexity index is 186. The molecule has 1 fully saturated rings. The fraction of sp³-hybridized carbons (Fsp3) is 0.778. The van der Waals surface area contributed by atoms with Crippen molar-refractivity contribution in [1.82, 2.24) is 0 Å². The first-order valence-corrected chi connectivity index (χ1v) is 4.29. The molecule has 2 atom stereocenters. The van der Waals surface area contributed by atoms with Gasteiger partial charge >= 0.3 is 0 Å². The lowest BCUT2D eigenvalue weighted by molar-refractivity contribution is -0.134. The average molecular weight is 170 g/mol. The standard InChI is InChI=1S/C9H14O3/c1-6(2)9(11)8-4-3-7(5-10)12-8/h5-8H,3-4H2,1-2H3. The van der Waals surface area contributed by atoms with Crippen LogP contribution in [0.15, 0.2) is 0 Å². The van der Waals surface area contributed by atoms with Crippen LogP contribution in [0.4, 0.5) is 0 Å². The van der Waals surface area contributed by atoms with Crippen molar-refractivity contribution in [3.8, 4) is 0 Å². The molecule has 0 spiro atoms. The SMILES string of the molecule is CC(C)C(=O)C1CCC(C=O)O1. The van der Waals surface area contributed by atoms with Gasteiger partial charge in [0.25, 0.3) is 0 Å². The third-order valence-electron chi connectivity index (χ3n) is 2.09. The quantitative estimate of drug-likeness (QED) is 0.592. The predicted octanol–water partition coefficient (Wildman–Crippen LogP) is 0.958. The zero-order valence-corrected chi connectivity index (χ0v) is 7.45. The molecule has 3 heteroatoms. The third kappa shape index (κ3) is 1.91. The molecule has 1 heterocycles. The number of rotatable bonds is 3. The molecule has 12 heavy (non-hydrogen) atoms. The van der Waals surface area contributed by atoms with Gasteiger partial charge in [-0.1, -0.05) is 13.8 Å². The van der Waals surface area contributed by atoms with Crippen LogP contribution >= 0.6 is 0 Å². The number of hydrogen-bond acceptors (Lipinski definition) is 3. The molecule has 0 aromatic rings. The van der Waals surface area contributed by atoms with Gasteiger partial charge in [-0.2, -0.15) is 0 Å². The van der Waals surface area contributed by atoms with E-state index < -0.39 is 0 Å². The molecule has 1 rings (SSSR count). The Kier molecular flexibility index (Phi) is 2.98. The first kappa shape index (κ1) is 9.39. The van der Waals surface area contributed by atoms with Gasteiger partial charge in [-0.3, -0.25) is 4.79 Å². The molecule has 1 saturated heterocycles. The van der Waals surface area contributed by atoms with Crippen molar-refractivity contribution in [3.63, 3.8) is 0 Å². The highest BCUT2D eigenvalue weighted by molar-refractivity contribution is 5.85. The lowest BCUT2D eigenvalue weighted by Gasteiger charge is -2.11. The third-order valence-corrected chi connectivity index (χ3v) is 2.09. The summed E-state index contributed by atoms with van der Waals surface area (Å²) in [4.78, 5) is 21.7. The Balaban J connectivity index is 2.46. The minimum absolute atomic E-state index is 0.000372. The number of hydrogen-bond donors (Lipinski definition) is 0. The fourth-order valence-electron chi connectivity index (χ4n) is 1.34. The van der Waals surface area contributed by atoms with Crippen molar-refractivity contribution in [2.24, 2.45) is 5.92 Å². The molecule has 0 aromatic heterocycles. The number of ketones is 1. The Hall–Kier alpha value is -0.700. The summed E-state index contributed by atoms with van der Waals surface area (Å²) in [6.07, 6.45) is 1.47. The van der Waals surface area contributed by atoms with E-state index in [0.29, 0.717) is 12.8 Å². The molecule has 1 aliphatic rings. The van der Waals surface area contributed by atoms with Crippen LogP contribution in [0.25, 0.3) is 0 Å². The summed E-state index contributed by atoms with van der Waals surface area (Å²) in [6, 6.07) is 0. The largest absolute Gasteiger partial charge is 0.360 e. The van der Waals surface area contributed by atoms with Gasteiger partial charge in [-0.05, 0) is 12.8 Å². The van der Waals surface area contributed by atoms with E-state index in [2.05, 4.69) is 0 Å². The summed E-state index contributed by atoms with van der Waals surface area (Å²) in [6.45, 7) is 3.69. The molecule has 0 amide bonds. The first-order chi connectivity index (χ1) is 5.65. The molecule has 3 nitrogen and oxygen atoms in total. The molecule has 2 unspecified atom stereocenters. The second kappa shape index (κ2) is 3.81. The van der Waals surface area contributed by atoms with Crippen LogP contribution < -0.4 is 0 Å². The highest BCUT2D eigenvalue weighted by Crippen LogP contribution is 2.21. The molecular formula is C9H14O3. The van der Waals surface area contributed by atoms with E-state index in [1.54, 1.807) is 0 Å². The fourth-order valence-corrected chi connectivity index (χ4v) is 1.34. The van der Waals surface area contributed by atoms with Crippen molar-refractivity contribution in [2.45, 2.75) is 38.9 Å². The van der Waals surface area contributed by atoms with Crippen LogP contribution in [0, 0.1) is 5.92 Å². The van der Waals surface area contributed by atoms with Crippen LogP contribution in [0.2, 0.25) is 0 Å². The van der Waals surface area contributed by atoms with Crippen LogP contribution in [0.1, 0.15) is 26.7 Å². The highest BCUT2D eigenvalue weighted by atomic mass is 16.5. The van der Waals surface area contributed by atoms with Crippen molar-refractivity contribution in [2.75, 3.05) is 0 Å². The molecule has 0 aliphatic carbocycles. The Morgan fingerprint density at radius 3 is 2.58 bits per heavy atom. The molecule has 0 saturated carbocycles. The summed E-state index contributed by atoms with van der Waals surface area (Å²) in [5.41, 5.74) is 0. The van der Waals surface area contributed by atoms with Crippen LogP contribution in [0.3, 0.4) is 0 Å². The number of carbonyl (C=O) groups excluding carboxylic acids is 2. The first-order valence-electron chi connectivity index (χ1n) is 4.29. The zero-order chi connectivity index (χ0) is 9.14. The summed E-state index contributed by atoms with van der Waals surface area (Å²) in [5, 5.41) is 0. The molecule has 1 aliphatic heterocycles. The highest BCUT2D eigenvalue weighted by Gasteiger charge is 2.31. The van der Waals surface area contributed by atoms with E-state index in [0.717, 1.165) is 6.29 Å². The van der Waals surface area contributed by atoms with Gasteiger partial charge < -0.3 is 9.53 Å². The van der Waals surface area contributed by atoms with Crippen molar-refractivity contribution in [1.29, 1.82) is 0 Å². The Morgan fingerprint density at radius 1 is 1.50 bits per heavy atom. The van der Waals surface area contributed by atoms with Gasteiger partial charge in [-0.25, -0.2) is 0 Å². The molecule has 0 radical (unpaired) electrons. The van der Waals surface area contributed by atoms with Crippen molar-refractivity contribution < 1.29 is 14.3 Å². The van der Waals surface area contributed by atoms with Crippen LogP contribution in [-0.4, -0.2) is 24.3 Å². The minimum atomic E-state index is -0.349. The Labute approximate surface area is 72.1 Å². The zero-order valence-electron chi connectivity index (χ0n) is 7.45. The van der Waals surface area contributed by atoms with Gasteiger partial charge in [0, 0.05) is 5.92 Å². The number of carbonyl (C=O) groups is 2. The van der Waals surface area contributed by atoms with E-state index >= 15 is 0 Å². The van der Waals surface area contributed by atoms with E-state index in [4.69, 9.17) is 4.74 Å². The summed E-state index contributed by atoms with van der Waals surface area (Å²) < 4.78 is 5.22. The van der Waals surface area contributed by atoms with E-state index in [1.807, 2.05) is 13.8 Å². The van der Waals surface area contributed by atoms with Gasteiger partial charge in [0.2, 0.25) is 0 Å². The van der Waals surface area contributed by atoms with E-state index in [9.17, 15) is 9.59 Å². The predicted molar refractivity (Wildman–Crippen MR) is 43.8 cm³/mol.